The fourth-order valence-electron chi connectivity index (χ4n) is 3.60. The van der Waals surface area contributed by atoms with Gasteiger partial charge in [0, 0.05) is 19.1 Å². The number of rotatable bonds is 5. The van der Waals surface area contributed by atoms with Crippen molar-refractivity contribution in [3.05, 3.63) is 17.3 Å². The predicted octanol–water partition coefficient (Wildman–Crippen LogP) is 3.08. The van der Waals surface area contributed by atoms with E-state index >= 15 is 0 Å². The molecule has 1 aliphatic carbocycles. The molecule has 0 radical (unpaired) electrons. The van der Waals surface area contributed by atoms with Crippen LogP contribution in [0.25, 0.3) is 0 Å². The Balaban J connectivity index is 0.00000312. The first-order valence-corrected chi connectivity index (χ1v) is 8.91. The average Bonchev–Trinajstić information content (AvgIpc) is 2.85. The van der Waals surface area contributed by atoms with Crippen LogP contribution in [-0.2, 0) is 6.54 Å². The second-order valence-electron chi connectivity index (χ2n) is 7.35. The van der Waals surface area contributed by atoms with E-state index in [1.165, 1.54) is 25.7 Å². The smallest absolute Gasteiger partial charge is 0.214 e. The van der Waals surface area contributed by atoms with Gasteiger partial charge in [-0.25, -0.2) is 4.98 Å². The molecule has 0 aromatic carbocycles. The van der Waals surface area contributed by atoms with Gasteiger partial charge in [0.25, 0.3) is 0 Å². The predicted molar refractivity (Wildman–Crippen MR) is 114 cm³/mol. The van der Waals surface area contributed by atoms with E-state index < -0.39 is 0 Å². The fraction of sp³-hybridized carbons (Fsp3) is 0.778. The molecule has 144 valence electrons. The van der Waals surface area contributed by atoms with Crippen molar-refractivity contribution < 1.29 is 4.42 Å². The molecule has 6 nitrogen and oxygen atoms in total. The summed E-state index contributed by atoms with van der Waals surface area (Å²) in [6.45, 7) is 7.69. The molecule has 25 heavy (non-hydrogen) atoms. The first kappa shape index (κ1) is 22.2. The van der Waals surface area contributed by atoms with Gasteiger partial charge >= 0.3 is 0 Å². The van der Waals surface area contributed by atoms with Crippen LogP contribution < -0.4 is 10.6 Å². The highest BCUT2D eigenvalue weighted by molar-refractivity contribution is 14.0. The molecule has 1 saturated carbocycles. The lowest BCUT2D eigenvalue weighted by Gasteiger charge is -2.45. The van der Waals surface area contributed by atoms with Crippen molar-refractivity contribution in [2.24, 2.45) is 10.9 Å². The molecule has 1 aromatic heterocycles. The maximum atomic E-state index is 5.61. The molecule has 1 heterocycles. The Hall–Kier alpha value is -0.830. The zero-order chi connectivity index (χ0) is 17.7. The summed E-state index contributed by atoms with van der Waals surface area (Å²) in [5.41, 5.74) is 1.14. The number of likely N-dealkylation sites (N-methyl/N-ethyl adjacent to an activating group) is 1. The fourth-order valence-corrected chi connectivity index (χ4v) is 3.60. The van der Waals surface area contributed by atoms with Gasteiger partial charge in [-0.3, -0.25) is 4.99 Å². The van der Waals surface area contributed by atoms with Gasteiger partial charge < -0.3 is 20.0 Å². The molecule has 2 N–H and O–H groups in total. The Labute approximate surface area is 169 Å². The maximum absolute atomic E-state index is 5.61. The number of aliphatic imine (C=N–C) groups is 1. The Bertz CT molecular complexity index is 552. The summed E-state index contributed by atoms with van der Waals surface area (Å²) in [6.07, 6.45) is 5.09. The van der Waals surface area contributed by atoms with Crippen molar-refractivity contribution in [1.82, 2.24) is 20.5 Å². The molecule has 1 aliphatic rings. The van der Waals surface area contributed by atoms with Crippen molar-refractivity contribution in [2.45, 2.75) is 58.5 Å². The third-order valence-corrected chi connectivity index (χ3v) is 5.30. The summed E-state index contributed by atoms with van der Waals surface area (Å²) < 4.78 is 5.61. The average molecular weight is 463 g/mol. The lowest BCUT2D eigenvalue weighted by atomic mass is 9.75. The number of halogens is 1. The van der Waals surface area contributed by atoms with Crippen molar-refractivity contribution in [3.63, 3.8) is 0 Å². The molecule has 0 aliphatic heterocycles. The largest absolute Gasteiger partial charge is 0.444 e. The van der Waals surface area contributed by atoms with Crippen LogP contribution in [0.5, 0.6) is 0 Å². The molecule has 1 fully saturated rings. The molecular weight excluding hydrogens is 429 g/mol. The number of aromatic nitrogens is 1. The zero-order valence-electron chi connectivity index (χ0n) is 16.5. The Morgan fingerprint density at radius 1 is 1.36 bits per heavy atom. The molecule has 1 aromatic rings. The van der Waals surface area contributed by atoms with E-state index in [9.17, 15) is 0 Å². The normalized spacial score (nSPS) is 24.1. The molecule has 0 bridgehead atoms. The summed E-state index contributed by atoms with van der Waals surface area (Å²) in [6, 6.07) is 0. The third-order valence-electron chi connectivity index (χ3n) is 5.30. The zero-order valence-corrected chi connectivity index (χ0v) is 18.8. The monoisotopic (exact) mass is 463 g/mol. The van der Waals surface area contributed by atoms with Gasteiger partial charge in [0.1, 0.15) is 5.76 Å². The highest BCUT2D eigenvalue weighted by Crippen LogP contribution is 2.35. The summed E-state index contributed by atoms with van der Waals surface area (Å²) in [7, 11) is 6.18. The van der Waals surface area contributed by atoms with E-state index in [2.05, 4.69) is 46.5 Å². The van der Waals surface area contributed by atoms with E-state index in [4.69, 9.17) is 4.42 Å². The summed E-state index contributed by atoms with van der Waals surface area (Å²) in [5, 5.41) is 6.80. The summed E-state index contributed by atoms with van der Waals surface area (Å²) >= 11 is 0. The number of hydrogen-bond acceptors (Lipinski definition) is 4. The second-order valence-corrected chi connectivity index (χ2v) is 7.35. The minimum Gasteiger partial charge on any atom is -0.444 e. The van der Waals surface area contributed by atoms with Crippen LogP contribution >= 0.6 is 24.0 Å². The minimum atomic E-state index is 0. The van der Waals surface area contributed by atoms with Crippen molar-refractivity contribution >= 4 is 29.9 Å². The van der Waals surface area contributed by atoms with E-state index in [1.807, 2.05) is 13.8 Å². The lowest BCUT2D eigenvalue weighted by molar-refractivity contribution is 0.0795. The Morgan fingerprint density at radius 2 is 2.08 bits per heavy atom. The second kappa shape index (κ2) is 9.75. The number of nitrogens with zero attached hydrogens (tertiary/aromatic N) is 3. The maximum Gasteiger partial charge on any atom is 0.214 e. The molecule has 2 rings (SSSR count). The van der Waals surface area contributed by atoms with E-state index in [-0.39, 0.29) is 29.5 Å². The molecule has 0 saturated heterocycles. The van der Waals surface area contributed by atoms with Crippen molar-refractivity contribution in [2.75, 3.05) is 27.7 Å². The van der Waals surface area contributed by atoms with Gasteiger partial charge in [0.2, 0.25) is 5.89 Å². The van der Waals surface area contributed by atoms with Crippen LogP contribution in [0, 0.1) is 19.8 Å². The van der Waals surface area contributed by atoms with Crippen LogP contribution in [0.3, 0.4) is 0 Å². The van der Waals surface area contributed by atoms with E-state index in [0.29, 0.717) is 12.4 Å². The Morgan fingerprint density at radius 3 is 2.60 bits per heavy atom. The van der Waals surface area contributed by atoms with E-state index in [1.54, 1.807) is 7.05 Å². The van der Waals surface area contributed by atoms with Crippen LogP contribution in [-0.4, -0.2) is 49.1 Å². The van der Waals surface area contributed by atoms with Crippen LogP contribution in [0.2, 0.25) is 0 Å². The van der Waals surface area contributed by atoms with Gasteiger partial charge in [0.05, 0.1) is 12.2 Å². The van der Waals surface area contributed by atoms with Crippen LogP contribution in [0.4, 0.5) is 0 Å². The highest BCUT2D eigenvalue weighted by Gasteiger charge is 2.36. The number of hydrogen-bond donors (Lipinski definition) is 2. The van der Waals surface area contributed by atoms with Gasteiger partial charge in [-0.2, -0.15) is 0 Å². The summed E-state index contributed by atoms with van der Waals surface area (Å²) in [4.78, 5) is 11.1. The number of aryl methyl sites for hydroxylation is 2. The van der Waals surface area contributed by atoms with Gasteiger partial charge in [-0.15, -0.1) is 24.0 Å². The van der Waals surface area contributed by atoms with Gasteiger partial charge in [-0.1, -0.05) is 19.8 Å². The standard InChI is InChI=1S/C18H33N5O.HI/c1-13-8-7-9-18(10-13,23(5)6)12-21-17(19-4)20-11-16-22-14(2)15(3)24-16;/h13H,7-12H2,1-6H3,(H2,19,20,21);1H. The van der Waals surface area contributed by atoms with Gasteiger partial charge in [-0.05, 0) is 46.7 Å². The van der Waals surface area contributed by atoms with Gasteiger partial charge in [0.15, 0.2) is 5.96 Å². The van der Waals surface area contributed by atoms with E-state index in [0.717, 1.165) is 29.9 Å². The number of nitrogens with one attached hydrogen (secondary N) is 2. The first-order chi connectivity index (χ1) is 11.4. The van der Waals surface area contributed by atoms with Crippen molar-refractivity contribution in [3.8, 4) is 0 Å². The minimum absolute atomic E-state index is 0. The van der Waals surface area contributed by atoms with Crippen molar-refractivity contribution in [1.29, 1.82) is 0 Å². The molecule has 2 atom stereocenters. The molecule has 0 spiro atoms. The lowest BCUT2D eigenvalue weighted by Crippen LogP contribution is -2.56. The summed E-state index contributed by atoms with van der Waals surface area (Å²) in [5.74, 6) is 3.14. The number of guanidine groups is 1. The molecule has 2 unspecified atom stereocenters. The SMILES string of the molecule is CN=C(NCc1nc(C)c(C)o1)NCC1(N(C)C)CCCC(C)C1.I. The van der Waals surface area contributed by atoms with Crippen LogP contribution in [0.1, 0.15) is 50.0 Å². The topological polar surface area (TPSA) is 65.7 Å². The van der Waals surface area contributed by atoms with Crippen LogP contribution in [0.15, 0.2) is 9.41 Å². The third kappa shape index (κ3) is 5.84. The molecular formula is C18H34IN5O. The quantitative estimate of drug-likeness (QED) is 0.399. The first-order valence-electron chi connectivity index (χ1n) is 8.91. The Kier molecular flexibility index (Phi) is 8.67. The number of oxazole rings is 1. The molecule has 0 amide bonds. The molecule has 7 heteroatoms. The highest BCUT2D eigenvalue weighted by atomic mass is 127.